The molecule has 1 atom stereocenters. The molecule has 2 aromatic rings. The number of nitrogens with zero attached hydrogens (tertiary/aromatic N) is 1. The van der Waals surface area contributed by atoms with Gasteiger partial charge in [-0.2, -0.15) is 0 Å². The summed E-state index contributed by atoms with van der Waals surface area (Å²) in [5, 5.41) is 0. The van der Waals surface area contributed by atoms with Crippen LogP contribution in [0.4, 0.5) is 8.78 Å². The summed E-state index contributed by atoms with van der Waals surface area (Å²) in [5.74, 6) is 0.113. The maximum absolute atomic E-state index is 13.9. The average Bonchev–Trinajstić information content (AvgIpc) is 2.82. The lowest BCUT2D eigenvalue weighted by atomic mass is 10.0. The molecule has 108 valence electrons. The molecule has 0 amide bonds. The van der Waals surface area contributed by atoms with Crippen LogP contribution in [0.2, 0.25) is 0 Å². The second-order valence-electron chi connectivity index (χ2n) is 5.50. The van der Waals surface area contributed by atoms with E-state index in [9.17, 15) is 8.78 Å². The van der Waals surface area contributed by atoms with Crippen LogP contribution in [0.15, 0.2) is 18.3 Å². The zero-order valence-electron chi connectivity index (χ0n) is 11.9. The molecule has 2 rings (SSSR count). The van der Waals surface area contributed by atoms with Crippen molar-refractivity contribution in [2.45, 2.75) is 33.2 Å². The highest BCUT2D eigenvalue weighted by atomic mass is 19.1. The van der Waals surface area contributed by atoms with Gasteiger partial charge in [-0.1, -0.05) is 13.8 Å². The maximum Gasteiger partial charge on any atom is 0.133 e. The molecular formula is C15H19F2N3. The van der Waals surface area contributed by atoms with E-state index in [1.165, 1.54) is 25.3 Å². The number of aromatic amines is 1. The van der Waals surface area contributed by atoms with Crippen LogP contribution >= 0.6 is 0 Å². The zero-order valence-corrected chi connectivity index (χ0v) is 11.9. The first-order chi connectivity index (χ1) is 9.38. The minimum absolute atomic E-state index is 0.170. The molecule has 0 aliphatic heterocycles. The summed E-state index contributed by atoms with van der Waals surface area (Å²) in [7, 11) is 0. The molecule has 20 heavy (non-hydrogen) atoms. The van der Waals surface area contributed by atoms with Crippen LogP contribution in [-0.2, 0) is 0 Å². The lowest BCUT2D eigenvalue weighted by Gasteiger charge is -2.11. The monoisotopic (exact) mass is 279 g/mol. The lowest BCUT2D eigenvalue weighted by molar-refractivity contribution is 0.496. The Morgan fingerprint density at radius 2 is 1.95 bits per heavy atom. The number of hydrogen-bond acceptors (Lipinski definition) is 2. The molecule has 3 nitrogen and oxygen atoms in total. The van der Waals surface area contributed by atoms with Crippen molar-refractivity contribution in [1.29, 1.82) is 0 Å². The standard InChI is InChI=1S/C15H19F2N3/c1-8(2)4-13(18)15-19-7-14(20-15)10-6-11(16)9(3)5-12(10)17/h5-8,13H,4,18H2,1-3H3,(H,19,20). The van der Waals surface area contributed by atoms with Crippen LogP contribution in [0.3, 0.4) is 0 Å². The fraction of sp³-hybridized carbons (Fsp3) is 0.400. The first-order valence-corrected chi connectivity index (χ1v) is 6.65. The highest BCUT2D eigenvalue weighted by Gasteiger charge is 2.15. The van der Waals surface area contributed by atoms with E-state index < -0.39 is 11.6 Å². The summed E-state index contributed by atoms with van der Waals surface area (Å²) in [6.45, 7) is 5.66. The van der Waals surface area contributed by atoms with Gasteiger partial charge in [0.1, 0.15) is 17.5 Å². The Morgan fingerprint density at radius 1 is 1.25 bits per heavy atom. The summed E-state index contributed by atoms with van der Waals surface area (Å²) in [4.78, 5) is 7.15. The number of nitrogens with one attached hydrogen (secondary N) is 1. The Hall–Kier alpha value is -1.75. The largest absolute Gasteiger partial charge is 0.341 e. The van der Waals surface area contributed by atoms with Crippen molar-refractivity contribution in [2.75, 3.05) is 0 Å². The number of hydrogen-bond donors (Lipinski definition) is 2. The molecule has 1 aromatic carbocycles. The van der Waals surface area contributed by atoms with Gasteiger partial charge in [-0.3, -0.25) is 0 Å². The third kappa shape index (κ3) is 3.04. The SMILES string of the molecule is Cc1cc(F)c(-c2cnc(C(N)CC(C)C)[nH]2)cc1F. The quantitative estimate of drug-likeness (QED) is 0.896. The Labute approximate surface area is 117 Å². The zero-order chi connectivity index (χ0) is 14.9. The first-order valence-electron chi connectivity index (χ1n) is 6.65. The van der Waals surface area contributed by atoms with E-state index in [4.69, 9.17) is 5.73 Å². The molecule has 1 heterocycles. The van der Waals surface area contributed by atoms with Crippen LogP contribution < -0.4 is 5.73 Å². The van der Waals surface area contributed by atoms with Gasteiger partial charge in [-0.05, 0) is 37.0 Å². The van der Waals surface area contributed by atoms with E-state index in [1.54, 1.807) is 0 Å². The van der Waals surface area contributed by atoms with Crippen molar-refractivity contribution in [3.63, 3.8) is 0 Å². The van der Waals surface area contributed by atoms with Gasteiger partial charge >= 0.3 is 0 Å². The number of aryl methyl sites for hydroxylation is 1. The third-order valence-electron chi connectivity index (χ3n) is 3.21. The molecule has 0 saturated carbocycles. The summed E-state index contributed by atoms with van der Waals surface area (Å²) < 4.78 is 27.4. The minimum Gasteiger partial charge on any atom is -0.341 e. The van der Waals surface area contributed by atoms with Gasteiger partial charge in [0.25, 0.3) is 0 Å². The average molecular weight is 279 g/mol. The van der Waals surface area contributed by atoms with Crippen molar-refractivity contribution in [1.82, 2.24) is 9.97 Å². The van der Waals surface area contributed by atoms with E-state index in [0.717, 1.165) is 6.42 Å². The van der Waals surface area contributed by atoms with Gasteiger partial charge in [-0.15, -0.1) is 0 Å². The molecule has 0 spiro atoms. The fourth-order valence-corrected chi connectivity index (χ4v) is 2.13. The number of benzene rings is 1. The van der Waals surface area contributed by atoms with Crippen molar-refractivity contribution < 1.29 is 8.78 Å². The third-order valence-corrected chi connectivity index (χ3v) is 3.21. The lowest BCUT2D eigenvalue weighted by Crippen LogP contribution is -2.14. The Morgan fingerprint density at radius 3 is 2.60 bits per heavy atom. The number of halogens is 2. The second-order valence-corrected chi connectivity index (χ2v) is 5.50. The van der Waals surface area contributed by atoms with Crippen molar-refractivity contribution in [2.24, 2.45) is 11.7 Å². The van der Waals surface area contributed by atoms with Gasteiger partial charge in [-0.25, -0.2) is 13.8 Å². The predicted octanol–water partition coefficient (Wildman–Crippen LogP) is 3.71. The van der Waals surface area contributed by atoms with Crippen LogP contribution in [-0.4, -0.2) is 9.97 Å². The Kier molecular flexibility index (Phi) is 4.18. The van der Waals surface area contributed by atoms with Crippen molar-refractivity contribution in [3.8, 4) is 11.3 Å². The van der Waals surface area contributed by atoms with Crippen molar-refractivity contribution >= 4 is 0 Å². The molecule has 0 radical (unpaired) electrons. The molecule has 1 unspecified atom stereocenters. The normalized spacial score (nSPS) is 12.9. The highest BCUT2D eigenvalue weighted by Crippen LogP contribution is 2.25. The highest BCUT2D eigenvalue weighted by molar-refractivity contribution is 5.60. The smallest absolute Gasteiger partial charge is 0.133 e. The molecular weight excluding hydrogens is 260 g/mol. The number of nitrogens with two attached hydrogens (primary N) is 1. The van der Waals surface area contributed by atoms with E-state index in [0.29, 0.717) is 17.4 Å². The van der Waals surface area contributed by atoms with Gasteiger partial charge in [0.2, 0.25) is 0 Å². The molecule has 0 saturated heterocycles. The Balaban J connectivity index is 2.31. The Bertz CT molecular complexity index is 605. The van der Waals surface area contributed by atoms with Gasteiger partial charge < -0.3 is 10.7 Å². The molecule has 0 fully saturated rings. The van der Waals surface area contributed by atoms with Crippen molar-refractivity contribution in [3.05, 3.63) is 41.4 Å². The summed E-state index contributed by atoms with van der Waals surface area (Å²) in [6.07, 6.45) is 2.26. The molecule has 3 N–H and O–H groups in total. The van der Waals surface area contributed by atoms with Gasteiger partial charge in [0.15, 0.2) is 0 Å². The fourth-order valence-electron chi connectivity index (χ4n) is 2.13. The number of imidazole rings is 1. The van der Waals surface area contributed by atoms with E-state index in [-0.39, 0.29) is 17.2 Å². The summed E-state index contributed by atoms with van der Waals surface area (Å²) >= 11 is 0. The van der Waals surface area contributed by atoms with Gasteiger partial charge in [0, 0.05) is 5.56 Å². The van der Waals surface area contributed by atoms with Crippen LogP contribution in [0.1, 0.15) is 37.7 Å². The van der Waals surface area contributed by atoms with E-state index >= 15 is 0 Å². The summed E-state index contributed by atoms with van der Waals surface area (Å²) in [5.41, 5.74) is 6.91. The predicted molar refractivity (Wildman–Crippen MR) is 75.1 cm³/mol. The number of H-pyrrole nitrogens is 1. The topological polar surface area (TPSA) is 54.7 Å². The van der Waals surface area contributed by atoms with E-state index in [1.807, 2.05) is 0 Å². The number of aromatic nitrogens is 2. The number of rotatable bonds is 4. The molecule has 0 bridgehead atoms. The molecule has 1 aromatic heterocycles. The molecule has 0 aliphatic rings. The minimum atomic E-state index is -0.475. The maximum atomic E-state index is 13.9. The van der Waals surface area contributed by atoms with Crippen LogP contribution in [0.5, 0.6) is 0 Å². The molecule has 0 aliphatic carbocycles. The second kappa shape index (κ2) is 5.71. The first kappa shape index (κ1) is 14.7. The summed E-state index contributed by atoms with van der Waals surface area (Å²) in [6, 6.07) is 2.12. The van der Waals surface area contributed by atoms with E-state index in [2.05, 4.69) is 23.8 Å². The van der Waals surface area contributed by atoms with Gasteiger partial charge in [0.05, 0.1) is 17.9 Å². The van der Waals surface area contributed by atoms with Crippen LogP contribution in [0, 0.1) is 24.5 Å². The molecule has 5 heteroatoms. The van der Waals surface area contributed by atoms with Crippen LogP contribution in [0.25, 0.3) is 11.3 Å².